The van der Waals surface area contributed by atoms with E-state index in [4.69, 9.17) is 26.2 Å². The molecule has 1 aliphatic rings. The Bertz CT molecular complexity index is 373. The highest BCUT2D eigenvalue weighted by molar-refractivity contribution is 6.32. The molecule has 1 aliphatic heterocycles. The van der Waals surface area contributed by atoms with E-state index in [1.54, 1.807) is 6.07 Å². The van der Waals surface area contributed by atoms with Crippen LogP contribution in [0.4, 0.5) is 0 Å². The van der Waals surface area contributed by atoms with Crippen molar-refractivity contribution < 1.29 is 14.6 Å². The second-order valence-corrected chi connectivity index (χ2v) is 4.67. The normalized spacial score (nSPS) is 20.9. The largest absolute Gasteiger partial charge is 0.489 e. The first-order chi connectivity index (χ1) is 8.79. The Balaban J connectivity index is 1.81. The first-order valence-corrected chi connectivity index (χ1v) is 6.49. The molecule has 1 aromatic carbocycles. The number of aliphatic hydroxyl groups is 1. The summed E-state index contributed by atoms with van der Waals surface area (Å²) in [4.78, 5) is 2.17. The van der Waals surface area contributed by atoms with Crippen LogP contribution < -0.4 is 4.74 Å². The summed E-state index contributed by atoms with van der Waals surface area (Å²) >= 11 is 6.01. The Labute approximate surface area is 112 Å². The van der Waals surface area contributed by atoms with Crippen molar-refractivity contribution in [2.24, 2.45) is 0 Å². The fraction of sp³-hybridized carbons (Fsp3) is 0.538. The van der Waals surface area contributed by atoms with E-state index in [9.17, 15) is 0 Å². The summed E-state index contributed by atoms with van der Waals surface area (Å²) in [5.74, 6) is 0.682. The lowest BCUT2D eigenvalue weighted by atomic mass is 10.3. The standard InChI is InChI=1S/C13H18ClNO3/c14-12-3-1-2-4-13(12)18-10-11-9-15(5-7-16)6-8-17-11/h1-4,11,16H,5-10H2/t11-/m0/s1. The molecule has 1 heterocycles. The van der Waals surface area contributed by atoms with Crippen LogP contribution in [0.1, 0.15) is 0 Å². The lowest BCUT2D eigenvalue weighted by Crippen LogP contribution is -2.45. The maximum atomic E-state index is 8.92. The van der Waals surface area contributed by atoms with Crippen molar-refractivity contribution in [3.63, 3.8) is 0 Å². The number of β-amino-alcohol motifs (C(OH)–C–C–N with tert-alkyl or cyclic N) is 1. The predicted molar refractivity (Wildman–Crippen MR) is 70.2 cm³/mol. The molecule has 0 radical (unpaired) electrons. The van der Waals surface area contributed by atoms with E-state index in [0.29, 0.717) is 30.5 Å². The highest BCUT2D eigenvalue weighted by Crippen LogP contribution is 2.23. The number of rotatable bonds is 5. The minimum atomic E-state index is 0.0292. The molecule has 5 heteroatoms. The van der Waals surface area contributed by atoms with Crippen molar-refractivity contribution >= 4 is 11.6 Å². The van der Waals surface area contributed by atoms with Gasteiger partial charge in [-0.1, -0.05) is 23.7 Å². The summed E-state index contributed by atoms with van der Waals surface area (Å²) in [7, 11) is 0. The summed E-state index contributed by atoms with van der Waals surface area (Å²) in [6, 6.07) is 7.41. The van der Waals surface area contributed by atoms with Crippen LogP contribution in [-0.4, -0.2) is 55.6 Å². The van der Waals surface area contributed by atoms with E-state index in [1.807, 2.05) is 18.2 Å². The molecule has 0 saturated carbocycles. The maximum Gasteiger partial charge on any atom is 0.138 e. The molecule has 2 rings (SSSR count). The zero-order valence-corrected chi connectivity index (χ0v) is 11.0. The van der Waals surface area contributed by atoms with Gasteiger partial charge in [0.15, 0.2) is 0 Å². The average molecular weight is 272 g/mol. The van der Waals surface area contributed by atoms with Gasteiger partial charge in [-0.3, -0.25) is 4.90 Å². The summed E-state index contributed by atoms with van der Waals surface area (Å²) in [5, 5.41) is 9.53. The molecule has 0 aromatic heterocycles. The van der Waals surface area contributed by atoms with Crippen molar-refractivity contribution in [3.05, 3.63) is 29.3 Å². The Hall–Kier alpha value is -0.810. The Morgan fingerprint density at radius 1 is 1.44 bits per heavy atom. The number of halogens is 1. The van der Waals surface area contributed by atoms with Crippen molar-refractivity contribution in [2.45, 2.75) is 6.10 Å². The van der Waals surface area contributed by atoms with Crippen LogP contribution in [0, 0.1) is 0 Å². The molecule has 0 spiro atoms. The monoisotopic (exact) mass is 271 g/mol. The zero-order chi connectivity index (χ0) is 12.8. The van der Waals surface area contributed by atoms with Gasteiger partial charge < -0.3 is 14.6 Å². The first-order valence-electron chi connectivity index (χ1n) is 6.11. The number of benzene rings is 1. The molecule has 100 valence electrons. The van der Waals surface area contributed by atoms with Crippen LogP contribution in [0.25, 0.3) is 0 Å². The highest BCUT2D eigenvalue weighted by Gasteiger charge is 2.20. The first kappa shape index (κ1) is 13.6. The van der Waals surface area contributed by atoms with E-state index >= 15 is 0 Å². The molecule has 0 unspecified atom stereocenters. The fourth-order valence-electron chi connectivity index (χ4n) is 1.97. The maximum absolute atomic E-state index is 8.92. The molecular formula is C13H18ClNO3. The third-order valence-corrected chi connectivity index (χ3v) is 3.21. The van der Waals surface area contributed by atoms with Gasteiger partial charge in [0.25, 0.3) is 0 Å². The number of ether oxygens (including phenoxy) is 2. The second-order valence-electron chi connectivity index (χ2n) is 4.26. The van der Waals surface area contributed by atoms with Crippen LogP contribution in [0.2, 0.25) is 5.02 Å². The smallest absolute Gasteiger partial charge is 0.138 e. The van der Waals surface area contributed by atoms with Gasteiger partial charge in [0.1, 0.15) is 18.5 Å². The van der Waals surface area contributed by atoms with Crippen LogP contribution in [0.3, 0.4) is 0 Å². The molecular weight excluding hydrogens is 254 g/mol. The van der Waals surface area contributed by atoms with Crippen LogP contribution in [0.5, 0.6) is 5.75 Å². The van der Waals surface area contributed by atoms with Crippen LogP contribution >= 0.6 is 11.6 Å². The molecule has 0 aliphatic carbocycles. The van der Waals surface area contributed by atoms with E-state index < -0.39 is 0 Å². The number of aliphatic hydroxyl groups excluding tert-OH is 1. The topological polar surface area (TPSA) is 41.9 Å². The molecule has 1 saturated heterocycles. The lowest BCUT2D eigenvalue weighted by molar-refractivity contribution is -0.0508. The number of para-hydroxylation sites is 1. The molecule has 4 nitrogen and oxygen atoms in total. The minimum absolute atomic E-state index is 0.0292. The van der Waals surface area contributed by atoms with E-state index in [0.717, 1.165) is 13.1 Å². The number of morpholine rings is 1. The van der Waals surface area contributed by atoms with Gasteiger partial charge in [0, 0.05) is 19.6 Å². The summed E-state index contributed by atoms with van der Waals surface area (Å²) in [6.45, 7) is 3.67. The SMILES string of the molecule is OCCN1CCO[C@H](COc2ccccc2Cl)C1. The van der Waals surface area contributed by atoms with Crippen LogP contribution in [0.15, 0.2) is 24.3 Å². The summed E-state index contributed by atoms with van der Waals surface area (Å²) < 4.78 is 11.3. The molecule has 1 atom stereocenters. The lowest BCUT2D eigenvalue weighted by Gasteiger charge is -2.32. The van der Waals surface area contributed by atoms with Crippen LogP contribution in [-0.2, 0) is 4.74 Å². The Kier molecular flexibility index (Phi) is 5.26. The molecule has 0 bridgehead atoms. The van der Waals surface area contributed by atoms with Gasteiger partial charge in [-0.25, -0.2) is 0 Å². The van der Waals surface area contributed by atoms with Gasteiger partial charge in [0.05, 0.1) is 18.2 Å². The molecule has 0 amide bonds. The van der Waals surface area contributed by atoms with Crippen molar-refractivity contribution in [2.75, 3.05) is 39.5 Å². The molecule has 1 N–H and O–H groups in total. The Morgan fingerprint density at radius 3 is 3.06 bits per heavy atom. The third kappa shape index (κ3) is 3.85. The average Bonchev–Trinajstić information content (AvgIpc) is 2.39. The van der Waals surface area contributed by atoms with Gasteiger partial charge >= 0.3 is 0 Å². The quantitative estimate of drug-likeness (QED) is 0.879. The van der Waals surface area contributed by atoms with Gasteiger partial charge in [-0.2, -0.15) is 0 Å². The van der Waals surface area contributed by atoms with Gasteiger partial charge in [0.2, 0.25) is 0 Å². The second kappa shape index (κ2) is 6.95. The van der Waals surface area contributed by atoms with Crippen molar-refractivity contribution in [3.8, 4) is 5.75 Å². The number of hydrogen-bond donors (Lipinski definition) is 1. The van der Waals surface area contributed by atoms with E-state index in [1.165, 1.54) is 0 Å². The van der Waals surface area contributed by atoms with Gasteiger partial charge in [-0.15, -0.1) is 0 Å². The summed E-state index contributed by atoms with van der Waals surface area (Å²) in [6.07, 6.45) is 0.0292. The molecule has 18 heavy (non-hydrogen) atoms. The zero-order valence-electron chi connectivity index (χ0n) is 10.2. The van der Waals surface area contributed by atoms with Crippen molar-refractivity contribution in [1.29, 1.82) is 0 Å². The third-order valence-electron chi connectivity index (χ3n) is 2.90. The number of nitrogens with zero attached hydrogens (tertiary/aromatic N) is 1. The Morgan fingerprint density at radius 2 is 2.28 bits per heavy atom. The van der Waals surface area contributed by atoms with Crippen molar-refractivity contribution in [1.82, 2.24) is 4.90 Å². The minimum Gasteiger partial charge on any atom is -0.489 e. The predicted octanol–water partition coefficient (Wildman–Crippen LogP) is 1.41. The van der Waals surface area contributed by atoms with Gasteiger partial charge in [-0.05, 0) is 12.1 Å². The highest BCUT2D eigenvalue weighted by atomic mass is 35.5. The fourth-order valence-corrected chi connectivity index (χ4v) is 2.16. The molecule has 1 fully saturated rings. The summed E-state index contributed by atoms with van der Waals surface area (Å²) in [5.41, 5.74) is 0. The number of hydrogen-bond acceptors (Lipinski definition) is 4. The van der Waals surface area contributed by atoms with E-state index in [-0.39, 0.29) is 12.7 Å². The molecule has 1 aromatic rings. The van der Waals surface area contributed by atoms with E-state index in [2.05, 4.69) is 4.90 Å².